The zero-order valence-corrected chi connectivity index (χ0v) is 19.5. The molecule has 33 heavy (non-hydrogen) atoms. The van der Waals surface area contributed by atoms with Crippen molar-refractivity contribution in [1.82, 2.24) is 15.1 Å². The summed E-state index contributed by atoms with van der Waals surface area (Å²) in [4.78, 5) is 28.8. The minimum Gasteiger partial charge on any atom is -0.366 e. The first-order valence-corrected chi connectivity index (χ1v) is 12.0. The molecule has 1 N–H and O–H groups in total. The number of piperidine rings is 2. The SMILES string of the molecule is C=C/C=C\C=C(/C)C(c1ccccc1)C1CCN(C(=O)N2CCC3OCC(=O)NC3C2)CC1. The van der Waals surface area contributed by atoms with Crippen LogP contribution < -0.4 is 5.32 Å². The van der Waals surface area contributed by atoms with Crippen LogP contribution in [0, 0.1) is 5.92 Å². The van der Waals surface area contributed by atoms with Gasteiger partial charge in [0.1, 0.15) is 6.61 Å². The molecule has 176 valence electrons. The van der Waals surface area contributed by atoms with Gasteiger partial charge in [-0.2, -0.15) is 0 Å². The fourth-order valence-corrected chi connectivity index (χ4v) is 5.45. The van der Waals surface area contributed by atoms with Gasteiger partial charge in [-0.3, -0.25) is 4.79 Å². The Hall–Kier alpha value is -2.86. The number of ether oxygens (including phenoxy) is 1. The number of benzene rings is 1. The quantitative estimate of drug-likeness (QED) is 0.694. The average molecular weight is 450 g/mol. The number of rotatable bonds is 5. The molecule has 3 amide bonds. The monoisotopic (exact) mass is 449 g/mol. The highest BCUT2D eigenvalue weighted by atomic mass is 16.5. The third kappa shape index (κ3) is 5.56. The van der Waals surface area contributed by atoms with Gasteiger partial charge in [-0.15, -0.1) is 0 Å². The Morgan fingerprint density at radius 1 is 1.12 bits per heavy atom. The second-order valence-corrected chi connectivity index (χ2v) is 9.28. The summed E-state index contributed by atoms with van der Waals surface area (Å²) in [7, 11) is 0. The first-order valence-electron chi connectivity index (χ1n) is 12.0. The molecule has 0 bridgehead atoms. The van der Waals surface area contributed by atoms with Crippen molar-refractivity contribution in [3.8, 4) is 0 Å². The lowest BCUT2D eigenvalue weighted by Crippen LogP contribution is -2.62. The summed E-state index contributed by atoms with van der Waals surface area (Å²) in [5.74, 6) is 0.731. The maximum atomic E-state index is 13.2. The van der Waals surface area contributed by atoms with E-state index in [1.54, 1.807) is 6.08 Å². The molecule has 0 saturated carbocycles. The molecule has 3 saturated heterocycles. The van der Waals surface area contributed by atoms with Crippen molar-refractivity contribution in [1.29, 1.82) is 0 Å². The van der Waals surface area contributed by atoms with E-state index in [4.69, 9.17) is 4.74 Å². The zero-order chi connectivity index (χ0) is 23.2. The average Bonchev–Trinajstić information content (AvgIpc) is 2.84. The largest absolute Gasteiger partial charge is 0.366 e. The lowest BCUT2D eigenvalue weighted by Gasteiger charge is -2.44. The summed E-state index contributed by atoms with van der Waals surface area (Å²) in [5, 5.41) is 2.99. The van der Waals surface area contributed by atoms with E-state index < -0.39 is 0 Å². The molecule has 3 heterocycles. The summed E-state index contributed by atoms with van der Waals surface area (Å²) in [6.45, 7) is 8.81. The van der Waals surface area contributed by atoms with E-state index in [9.17, 15) is 9.59 Å². The van der Waals surface area contributed by atoms with Gasteiger partial charge in [-0.05, 0) is 37.7 Å². The minimum atomic E-state index is -0.0969. The van der Waals surface area contributed by atoms with Crippen molar-refractivity contribution in [2.75, 3.05) is 32.8 Å². The number of morpholine rings is 1. The van der Waals surface area contributed by atoms with Crippen molar-refractivity contribution < 1.29 is 14.3 Å². The molecule has 3 aliphatic heterocycles. The highest BCUT2D eigenvalue weighted by molar-refractivity contribution is 5.79. The fourth-order valence-electron chi connectivity index (χ4n) is 5.45. The number of likely N-dealkylation sites (tertiary alicyclic amines) is 2. The molecule has 3 unspecified atom stereocenters. The molecule has 3 fully saturated rings. The first kappa shape index (κ1) is 23.3. The van der Waals surface area contributed by atoms with Gasteiger partial charge < -0.3 is 19.9 Å². The van der Waals surface area contributed by atoms with Crippen LogP contribution in [-0.2, 0) is 9.53 Å². The van der Waals surface area contributed by atoms with Gasteiger partial charge in [0.05, 0.1) is 12.1 Å². The Labute approximate surface area is 197 Å². The Morgan fingerprint density at radius 2 is 1.85 bits per heavy atom. The van der Waals surface area contributed by atoms with Gasteiger partial charge in [0.15, 0.2) is 0 Å². The van der Waals surface area contributed by atoms with Gasteiger partial charge in [-0.25, -0.2) is 4.79 Å². The van der Waals surface area contributed by atoms with E-state index in [0.29, 0.717) is 24.9 Å². The number of fused-ring (bicyclic) bond motifs is 1. The number of nitrogens with zero attached hydrogens (tertiary/aromatic N) is 2. The van der Waals surface area contributed by atoms with Gasteiger partial charge >= 0.3 is 6.03 Å². The standard InChI is InChI=1S/C27H35N3O3/c1-3-4-6-9-20(2)26(21-10-7-5-8-11-21)22-12-15-29(16-13-22)27(32)30-17-14-24-23(18-30)28-25(31)19-33-24/h3-11,22-24,26H,1,12-19H2,2H3,(H,28,31)/b6-4-,20-9+. The molecule has 0 spiro atoms. The smallest absolute Gasteiger partial charge is 0.320 e. The molecule has 3 atom stereocenters. The lowest BCUT2D eigenvalue weighted by atomic mass is 9.76. The fraction of sp³-hybridized carbons (Fsp3) is 0.481. The Morgan fingerprint density at radius 3 is 2.58 bits per heavy atom. The van der Waals surface area contributed by atoms with Crippen LogP contribution in [0.4, 0.5) is 4.79 Å². The lowest BCUT2D eigenvalue weighted by molar-refractivity contribution is -0.139. The Kier molecular flexibility index (Phi) is 7.65. The van der Waals surface area contributed by atoms with Gasteiger partial charge in [-0.1, -0.05) is 66.8 Å². The van der Waals surface area contributed by atoms with Crippen molar-refractivity contribution in [2.45, 2.75) is 44.2 Å². The summed E-state index contributed by atoms with van der Waals surface area (Å²) < 4.78 is 5.63. The molecule has 0 aliphatic carbocycles. The van der Waals surface area contributed by atoms with Crippen LogP contribution in [0.1, 0.15) is 37.7 Å². The Bertz CT molecular complexity index is 902. The van der Waals surface area contributed by atoms with E-state index in [0.717, 1.165) is 32.4 Å². The van der Waals surface area contributed by atoms with E-state index in [-0.39, 0.29) is 30.7 Å². The number of urea groups is 1. The Balaban J connectivity index is 1.39. The number of carbonyl (C=O) groups excluding carboxylic acids is 2. The minimum absolute atomic E-state index is 0.0222. The first-order chi connectivity index (χ1) is 16.1. The van der Waals surface area contributed by atoms with Crippen LogP contribution in [0.5, 0.6) is 0 Å². The second-order valence-electron chi connectivity index (χ2n) is 9.28. The van der Waals surface area contributed by atoms with Crippen LogP contribution in [-0.4, -0.2) is 66.7 Å². The third-order valence-electron chi connectivity index (χ3n) is 7.13. The summed E-state index contributed by atoms with van der Waals surface area (Å²) in [5.41, 5.74) is 2.66. The van der Waals surface area contributed by atoms with Gasteiger partial charge in [0, 0.05) is 32.1 Å². The van der Waals surface area contributed by atoms with E-state index in [1.807, 2.05) is 22.0 Å². The molecular formula is C27H35N3O3. The molecule has 1 aromatic carbocycles. The van der Waals surface area contributed by atoms with E-state index >= 15 is 0 Å². The predicted molar refractivity (Wildman–Crippen MR) is 130 cm³/mol. The van der Waals surface area contributed by atoms with Crippen LogP contribution in [0.2, 0.25) is 0 Å². The van der Waals surface area contributed by atoms with Gasteiger partial charge in [0.25, 0.3) is 0 Å². The number of hydrogen-bond donors (Lipinski definition) is 1. The maximum Gasteiger partial charge on any atom is 0.320 e. The number of carbonyl (C=O) groups is 2. The highest BCUT2D eigenvalue weighted by Crippen LogP contribution is 2.38. The van der Waals surface area contributed by atoms with Crippen molar-refractivity contribution in [3.63, 3.8) is 0 Å². The normalized spacial score (nSPS) is 25.5. The number of hydrogen-bond acceptors (Lipinski definition) is 3. The predicted octanol–water partition coefficient (Wildman–Crippen LogP) is 3.88. The molecule has 1 aromatic rings. The van der Waals surface area contributed by atoms with E-state index in [2.05, 4.69) is 55.2 Å². The summed E-state index contributed by atoms with van der Waals surface area (Å²) >= 11 is 0. The molecule has 0 aromatic heterocycles. The van der Waals surface area contributed by atoms with Crippen LogP contribution in [0.3, 0.4) is 0 Å². The molecular weight excluding hydrogens is 414 g/mol. The topological polar surface area (TPSA) is 61.9 Å². The van der Waals surface area contributed by atoms with Crippen molar-refractivity contribution >= 4 is 11.9 Å². The number of amides is 3. The third-order valence-corrected chi connectivity index (χ3v) is 7.13. The molecule has 3 aliphatic rings. The number of allylic oxidation sites excluding steroid dienone is 5. The summed E-state index contributed by atoms with van der Waals surface area (Å²) in [6, 6.07) is 10.7. The second kappa shape index (κ2) is 10.8. The van der Waals surface area contributed by atoms with Crippen LogP contribution in [0.25, 0.3) is 0 Å². The summed E-state index contributed by atoms with van der Waals surface area (Å²) in [6.07, 6.45) is 10.7. The van der Waals surface area contributed by atoms with Crippen molar-refractivity contribution in [3.05, 3.63) is 72.4 Å². The van der Waals surface area contributed by atoms with E-state index in [1.165, 1.54) is 11.1 Å². The molecule has 0 radical (unpaired) electrons. The highest BCUT2D eigenvalue weighted by Gasteiger charge is 2.38. The molecule has 6 heteroatoms. The van der Waals surface area contributed by atoms with Crippen LogP contribution in [0.15, 0.2) is 66.8 Å². The van der Waals surface area contributed by atoms with Crippen molar-refractivity contribution in [2.24, 2.45) is 5.92 Å². The van der Waals surface area contributed by atoms with Crippen LogP contribution >= 0.6 is 0 Å². The molecule has 6 nitrogen and oxygen atoms in total. The number of nitrogens with one attached hydrogen (secondary N) is 1. The zero-order valence-electron chi connectivity index (χ0n) is 19.5. The van der Waals surface area contributed by atoms with Gasteiger partial charge in [0.2, 0.25) is 5.91 Å². The molecule has 4 rings (SSSR count). The maximum absolute atomic E-state index is 13.2.